The fraction of sp³-hybridized carbons (Fsp3) is 0.480. The molecule has 0 aliphatic carbocycles. The van der Waals surface area contributed by atoms with Crippen molar-refractivity contribution >= 4 is 22.5 Å². The summed E-state index contributed by atoms with van der Waals surface area (Å²) in [5, 5.41) is 4.95. The summed E-state index contributed by atoms with van der Waals surface area (Å²) in [6, 6.07) is 8.01. The van der Waals surface area contributed by atoms with Crippen molar-refractivity contribution in [1.82, 2.24) is 19.4 Å². The number of fused-ring (bicyclic) bond motifs is 1. The number of likely N-dealkylation sites (tertiary alicyclic amines) is 1. The summed E-state index contributed by atoms with van der Waals surface area (Å²) in [6.07, 6.45) is 5.39. The largest absolute Gasteiger partial charge is 0.331 e. The van der Waals surface area contributed by atoms with Gasteiger partial charge < -0.3 is 9.88 Å². The zero-order valence-corrected chi connectivity index (χ0v) is 19.7. The lowest BCUT2D eigenvalue weighted by molar-refractivity contribution is -0.129. The second kappa shape index (κ2) is 8.82. The molecule has 176 valence electrons. The van der Waals surface area contributed by atoms with E-state index in [-0.39, 0.29) is 12.5 Å². The molecule has 1 N–H and O–H groups in total. The predicted molar refractivity (Wildman–Crippen MR) is 126 cm³/mol. The van der Waals surface area contributed by atoms with Crippen LogP contribution in [0.3, 0.4) is 0 Å². The molecular formula is C25H31F2N5O. The van der Waals surface area contributed by atoms with Crippen molar-refractivity contribution in [3.8, 4) is 11.3 Å². The molecule has 3 aromatic rings. The van der Waals surface area contributed by atoms with Gasteiger partial charge in [-0.3, -0.25) is 9.69 Å². The summed E-state index contributed by atoms with van der Waals surface area (Å²) in [6.45, 7) is 5.60. The summed E-state index contributed by atoms with van der Waals surface area (Å²) in [5.41, 5.74) is 1.50. The van der Waals surface area contributed by atoms with Crippen LogP contribution < -0.4 is 5.32 Å². The number of pyridine rings is 1. The number of piperidine rings is 1. The topological polar surface area (TPSA) is 63.1 Å². The number of hydrogen-bond acceptors (Lipinski definition) is 4. The number of halogens is 2. The number of nitrogens with zero attached hydrogens (tertiary/aromatic N) is 4. The van der Waals surface area contributed by atoms with E-state index in [2.05, 4.69) is 21.4 Å². The lowest BCUT2D eigenvalue weighted by atomic mass is 9.75. The molecule has 4 rings (SSSR count). The maximum absolute atomic E-state index is 13.4. The quantitative estimate of drug-likeness (QED) is 0.566. The zero-order valence-electron chi connectivity index (χ0n) is 19.7. The van der Waals surface area contributed by atoms with Crippen LogP contribution in [-0.4, -0.2) is 50.9 Å². The van der Waals surface area contributed by atoms with Crippen molar-refractivity contribution in [2.24, 2.45) is 12.5 Å². The number of alkyl halides is 2. The van der Waals surface area contributed by atoms with Crippen LogP contribution in [0, 0.1) is 12.3 Å². The molecule has 2 aromatic heterocycles. The van der Waals surface area contributed by atoms with Gasteiger partial charge in [-0.15, -0.1) is 0 Å². The third kappa shape index (κ3) is 4.90. The van der Waals surface area contributed by atoms with Gasteiger partial charge in [-0.25, -0.2) is 18.7 Å². The third-order valence-electron chi connectivity index (χ3n) is 6.95. The number of benzene rings is 1. The Labute approximate surface area is 193 Å². The standard InChI is InChI=1S/C25H31F2N5O/c1-5-25(8-10-32(11-9-25)16-24(3,26)27)23(33)30-22-13-20-12-18(6-7-19(20)14-29-22)21-15-28-17(2)31(21)4/h6-7,12-15H,5,8-11,16H2,1-4H3,(H,29,30,33). The molecule has 1 amide bonds. The third-order valence-corrected chi connectivity index (χ3v) is 6.95. The fourth-order valence-electron chi connectivity index (χ4n) is 4.66. The average molecular weight is 456 g/mol. The summed E-state index contributed by atoms with van der Waals surface area (Å²) in [4.78, 5) is 23.8. The summed E-state index contributed by atoms with van der Waals surface area (Å²) in [5.74, 6) is -1.37. The first kappa shape index (κ1) is 23.3. The van der Waals surface area contributed by atoms with Crippen LogP contribution in [0.5, 0.6) is 0 Å². The first-order chi connectivity index (χ1) is 15.6. The Kier molecular flexibility index (Phi) is 6.22. The molecule has 0 bridgehead atoms. The number of aryl methyl sites for hydroxylation is 1. The number of nitrogens with one attached hydrogen (secondary N) is 1. The highest BCUT2D eigenvalue weighted by molar-refractivity contribution is 5.97. The highest BCUT2D eigenvalue weighted by atomic mass is 19.3. The molecule has 1 fully saturated rings. The van der Waals surface area contributed by atoms with Gasteiger partial charge in [0.05, 0.1) is 23.9 Å². The maximum atomic E-state index is 13.4. The number of carbonyl (C=O) groups is 1. The first-order valence-corrected chi connectivity index (χ1v) is 11.4. The monoisotopic (exact) mass is 455 g/mol. The fourth-order valence-corrected chi connectivity index (χ4v) is 4.66. The summed E-state index contributed by atoms with van der Waals surface area (Å²) in [7, 11) is 1.98. The second-order valence-electron chi connectivity index (χ2n) is 9.32. The van der Waals surface area contributed by atoms with Crippen LogP contribution in [0.2, 0.25) is 0 Å². The van der Waals surface area contributed by atoms with Gasteiger partial charge in [-0.1, -0.05) is 19.1 Å². The molecule has 0 radical (unpaired) electrons. The highest BCUT2D eigenvalue weighted by Crippen LogP contribution is 2.37. The van der Waals surface area contributed by atoms with Gasteiger partial charge in [0.1, 0.15) is 11.6 Å². The van der Waals surface area contributed by atoms with Gasteiger partial charge in [0.15, 0.2) is 0 Å². The lowest BCUT2D eigenvalue weighted by Gasteiger charge is -2.40. The number of rotatable bonds is 6. The Morgan fingerprint density at radius 2 is 1.88 bits per heavy atom. The van der Waals surface area contributed by atoms with E-state index in [0.29, 0.717) is 38.2 Å². The van der Waals surface area contributed by atoms with E-state index in [0.717, 1.165) is 34.8 Å². The predicted octanol–water partition coefficient (Wildman–Crippen LogP) is 5.03. The van der Waals surface area contributed by atoms with Gasteiger partial charge in [0.25, 0.3) is 5.92 Å². The molecule has 1 aliphatic rings. The number of carbonyl (C=O) groups excluding carboxylic acids is 1. The van der Waals surface area contributed by atoms with E-state index >= 15 is 0 Å². The Balaban J connectivity index is 1.52. The molecule has 1 saturated heterocycles. The second-order valence-corrected chi connectivity index (χ2v) is 9.32. The molecule has 1 aliphatic heterocycles. The molecule has 1 aromatic carbocycles. The van der Waals surface area contributed by atoms with Gasteiger partial charge in [-0.2, -0.15) is 0 Å². The molecule has 0 spiro atoms. The molecule has 0 atom stereocenters. The molecule has 0 unspecified atom stereocenters. The van der Waals surface area contributed by atoms with Gasteiger partial charge in [0.2, 0.25) is 5.91 Å². The SMILES string of the molecule is CCC1(C(=O)Nc2cc3cc(-c4cnc(C)n4C)ccc3cn2)CCN(CC(C)(F)F)CC1. The molecule has 8 heteroatoms. The van der Waals surface area contributed by atoms with E-state index in [9.17, 15) is 13.6 Å². The molecule has 6 nitrogen and oxygen atoms in total. The van der Waals surface area contributed by atoms with Crippen molar-refractivity contribution < 1.29 is 13.6 Å². The van der Waals surface area contributed by atoms with Crippen LogP contribution in [0.4, 0.5) is 14.6 Å². The van der Waals surface area contributed by atoms with Crippen LogP contribution >= 0.6 is 0 Å². The van der Waals surface area contributed by atoms with E-state index < -0.39 is 11.3 Å². The number of amides is 1. The number of aromatic nitrogens is 3. The Hall–Kier alpha value is -2.87. The first-order valence-electron chi connectivity index (χ1n) is 11.4. The van der Waals surface area contributed by atoms with E-state index in [1.54, 1.807) is 11.1 Å². The minimum Gasteiger partial charge on any atom is -0.331 e. The van der Waals surface area contributed by atoms with Crippen molar-refractivity contribution in [2.75, 3.05) is 25.0 Å². The Morgan fingerprint density at radius 3 is 2.48 bits per heavy atom. The minimum absolute atomic E-state index is 0.0850. The van der Waals surface area contributed by atoms with E-state index in [1.165, 1.54) is 0 Å². The molecule has 33 heavy (non-hydrogen) atoms. The van der Waals surface area contributed by atoms with E-state index in [4.69, 9.17) is 0 Å². The van der Waals surface area contributed by atoms with Crippen molar-refractivity contribution in [3.05, 3.63) is 42.5 Å². The van der Waals surface area contributed by atoms with Crippen molar-refractivity contribution in [3.63, 3.8) is 0 Å². The van der Waals surface area contributed by atoms with Gasteiger partial charge in [0, 0.05) is 31.1 Å². The van der Waals surface area contributed by atoms with E-state index in [1.807, 2.05) is 49.9 Å². The summed E-state index contributed by atoms with van der Waals surface area (Å²) >= 11 is 0. The van der Waals surface area contributed by atoms with Crippen molar-refractivity contribution in [1.29, 1.82) is 0 Å². The molecule has 3 heterocycles. The number of imidazole rings is 1. The lowest BCUT2D eigenvalue weighted by Crippen LogP contribution is -2.48. The summed E-state index contributed by atoms with van der Waals surface area (Å²) < 4.78 is 28.8. The van der Waals surface area contributed by atoms with Crippen LogP contribution in [0.25, 0.3) is 22.0 Å². The average Bonchev–Trinajstić information content (AvgIpc) is 3.11. The van der Waals surface area contributed by atoms with Crippen LogP contribution in [0.15, 0.2) is 36.7 Å². The minimum atomic E-state index is -2.73. The van der Waals surface area contributed by atoms with Gasteiger partial charge >= 0.3 is 0 Å². The number of anilines is 1. The maximum Gasteiger partial charge on any atom is 0.257 e. The zero-order chi connectivity index (χ0) is 23.8. The molecular weight excluding hydrogens is 424 g/mol. The number of hydrogen-bond donors (Lipinski definition) is 1. The van der Waals surface area contributed by atoms with Gasteiger partial charge in [-0.05, 0) is 56.8 Å². The van der Waals surface area contributed by atoms with Crippen LogP contribution in [0.1, 0.15) is 38.9 Å². The normalized spacial score (nSPS) is 16.8. The van der Waals surface area contributed by atoms with Crippen LogP contribution in [-0.2, 0) is 11.8 Å². The Bertz CT molecular complexity index is 1160. The molecule has 0 saturated carbocycles. The van der Waals surface area contributed by atoms with Crippen molar-refractivity contribution in [2.45, 2.75) is 46.0 Å². The smallest absolute Gasteiger partial charge is 0.257 e. The highest BCUT2D eigenvalue weighted by Gasteiger charge is 2.41. The Morgan fingerprint density at radius 1 is 1.15 bits per heavy atom.